The van der Waals surface area contributed by atoms with Crippen LogP contribution >= 0.6 is 0 Å². The first-order valence-electron chi connectivity index (χ1n) is 12.1. The van der Waals surface area contributed by atoms with Gasteiger partial charge in [-0.3, -0.25) is 0 Å². The van der Waals surface area contributed by atoms with E-state index in [0.29, 0.717) is 18.8 Å². The second-order valence-electron chi connectivity index (χ2n) is 9.69. The van der Waals surface area contributed by atoms with E-state index in [1.807, 2.05) is 6.92 Å². The Morgan fingerprint density at radius 1 is 0.933 bits per heavy atom. The maximum absolute atomic E-state index is 14.3. The van der Waals surface area contributed by atoms with Gasteiger partial charge in [-0.15, -0.1) is 0 Å². The highest BCUT2D eigenvalue weighted by Gasteiger charge is 2.43. The highest BCUT2D eigenvalue weighted by molar-refractivity contribution is 5.36. The summed E-state index contributed by atoms with van der Waals surface area (Å²) in [7, 11) is 0. The van der Waals surface area contributed by atoms with Gasteiger partial charge in [0.1, 0.15) is 0 Å². The van der Waals surface area contributed by atoms with Gasteiger partial charge in [-0.25, -0.2) is 8.78 Å². The number of halogens is 2. The average molecular weight is 413 g/mol. The lowest BCUT2D eigenvalue weighted by Gasteiger charge is -2.35. The summed E-state index contributed by atoms with van der Waals surface area (Å²) in [6.45, 7) is 4.11. The SMILES string of the molecule is CCCC1CCC(C/C=C\CC2CCC(C#Cc3ccc(C)cc3)CC2)CC1(F)F. The second-order valence-corrected chi connectivity index (χ2v) is 9.69. The highest BCUT2D eigenvalue weighted by atomic mass is 19.3. The van der Waals surface area contributed by atoms with E-state index >= 15 is 0 Å². The second kappa shape index (κ2) is 11.1. The first-order valence-corrected chi connectivity index (χ1v) is 12.1. The predicted octanol–water partition coefficient (Wildman–Crippen LogP) is 8.34. The fourth-order valence-corrected chi connectivity index (χ4v) is 5.15. The van der Waals surface area contributed by atoms with Gasteiger partial charge in [-0.1, -0.05) is 55.0 Å². The number of hydrogen-bond donors (Lipinski definition) is 0. The molecule has 0 saturated heterocycles. The Bertz CT molecular complexity index is 726. The summed E-state index contributed by atoms with van der Waals surface area (Å²) in [5, 5.41) is 0. The lowest BCUT2D eigenvalue weighted by molar-refractivity contribution is -0.104. The molecule has 2 aliphatic carbocycles. The minimum absolute atomic E-state index is 0.0900. The van der Waals surface area contributed by atoms with Crippen molar-refractivity contribution in [1.29, 1.82) is 0 Å². The van der Waals surface area contributed by atoms with E-state index in [1.165, 1.54) is 31.2 Å². The molecule has 3 rings (SSSR count). The van der Waals surface area contributed by atoms with Crippen LogP contribution < -0.4 is 0 Å². The Labute approximate surface area is 182 Å². The molecule has 2 fully saturated rings. The van der Waals surface area contributed by atoms with Gasteiger partial charge in [0, 0.05) is 23.8 Å². The first kappa shape index (κ1) is 23.1. The zero-order valence-electron chi connectivity index (χ0n) is 18.8. The van der Waals surface area contributed by atoms with Gasteiger partial charge in [-0.2, -0.15) is 0 Å². The minimum Gasteiger partial charge on any atom is -0.207 e. The van der Waals surface area contributed by atoms with Crippen molar-refractivity contribution in [2.45, 2.75) is 90.4 Å². The number of benzene rings is 1. The number of aryl methyl sites for hydroxylation is 1. The molecular weight excluding hydrogens is 374 g/mol. The highest BCUT2D eigenvalue weighted by Crippen LogP contribution is 2.44. The van der Waals surface area contributed by atoms with Crippen LogP contribution in [0.2, 0.25) is 0 Å². The zero-order valence-corrected chi connectivity index (χ0v) is 18.8. The van der Waals surface area contributed by atoms with Gasteiger partial charge < -0.3 is 0 Å². The van der Waals surface area contributed by atoms with E-state index in [0.717, 1.165) is 37.2 Å². The fraction of sp³-hybridized carbons (Fsp3) is 0.643. The fourth-order valence-electron chi connectivity index (χ4n) is 5.15. The number of hydrogen-bond acceptors (Lipinski definition) is 0. The van der Waals surface area contributed by atoms with Crippen molar-refractivity contribution in [3.05, 3.63) is 47.5 Å². The summed E-state index contributed by atoms with van der Waals surface area (Å²) in [6, 6.07) is 8.44. The largest absolute Gasteiger partial charge is 0.251 e. The molecule has 0 nitrogen and oxygen atoms in total. The molecule has 0 N–H and O–H groups in total. The molecule has 0 amide bonds. The van der Waals surface area contributed by atoms with E-state index in [4.69, 9.17) is 0 Å². The van der Waals surface area contributed by atoms with Gasteiger partial charge in [-0.05, 0) is 88.7 Å². The Morgan fingerprint density at radius 3 is 2.20 bits per heavy atom. The molecular formula is C28H38F2. The van der Waals surface area contributed by atoms with Crippen molar-refractivity contribution in [3.63, 3.8) is 0 Å². The summed E-state index contributed by atoms with van der Waals surface area (Å²) in [4.78, 5) is 0. The summed E-state index contributed by atoms with van der Waals surface area (Å²) < 4.78 is 28.6. The molecule has 1 aromatic rings. The normalized spacial score (nSPS) is 28.8. The van der Waals surface area contributed by atoms with Crippen molar-refractivity contribution in [1.82, 2.24) is 0 Å². The molecule has 0 heterocycles. The van der Waals surface area contributed by atoms with Crippen molar-refractivity contribution in [3.8, 4) is 11.8 Å². The molecule has 2 unspecified atom stereocenters. The van der Waals surface area contributed by atoms with E-state index in [9.17, 15) is 8.78 Å². The summed E-state index contributed by atoms with van der Waals surface area (Å²) in [6.07, 6.45) is 14.5. The maximum Gasteiger partial charge on any atom is 0.251 e. The number of rotatable bonds is 6. The molecule has 30 heavy (non-hydrogen) atoms. The summed E-state index contributed by atoms with van der Waals surface area (Å²) in [5.74, 6) is 5.39. The van der Waals surface area contributed by atoms with Crippen molar-refractivity contribution in [2.75, 3.05) is 0 Å². The maximum atomic E-state index is 14.3. The minimum atomic E-state index is -2.45. The van der Waals surface area contributed by atoms with Gasteiger partial charge >= 0.3 is 0 Å². The van der Waals surface area contributed by atoms with Crippen LogP contribution in [0.1, 0.15) is 88.7 Å². The smallest absolute Gasteiger partial charge is 0.207 e. The van der Waals surface area contributed by atoms with Crippen molar-refractivity contribution < 1.29 is 8.78 Å². The third-order valence-corrected chi connectivity index (χ3v) is 7.14. The molecule has 0 aromatic heterocycles. The van der Waals surface area contributed by atoms with Gasteiger partial charge in [0.15, 0.2) is 0 Å². The molecule has 2 heteroatoms. The summed E-state index contributed by atoms with van der Waals surface area (Å²) in [5.41, 5.74) is 2.38. The molecule has 2 aliphatic rings. The number of allylic oxidation sites excluding steroid dienone is 2. The van der Waals surface area contributed by atoms with Crippen LogP contribution in [-0.4, -0.2) is 5.92 Å². The third-order valence-electron chi connectivity index (χ3n) is 7.14. The monoisotopic (exact) mass is 412 g/mol. The van der Waals surface area contributed by atoms with Crippen LogP contribution in [0.15, 0.2) is 36.4 Å². The van der Waals surface area contributed by atoms with Gasteiger partial charge in [0.2, 0.25) is 0 Å². The molecule has 0 bridgehead atoms. The van der Waals surface area contributed by atoms with Crippen molar-refractivity contribution in [2.24, 2.45) is 23.7 Å². The summed E-state index contributed by atoms with van der Waals surface area (Å²) >= 11 is 0. The van der Waals surface area contributed by atoms with Crippen LogP contribution in [0.5, 0.6) is 0 Å². The topological polar surface area (TPSA) is 0 Å². The third kappa shape index (κ3) is 6.97. The zero-order chi connectivity index (χ0) is 21.4. The van der Waals surface area contributed by atoms with E-state index in [-0.39, 0.29) is 18.3 Å². The van der Waals surface area contributed by atoms with Crippen LogP contribution in [0.3, 0.4) is 0 Å². The van der Waals surface area contributed by atoms with E-state index < -0.39 is 5.92 Å². The Hall–Kier alpha value is -1.62. The molecule has 0 spiro atoms. The van der Waals surface area contributed by atoms with Crippen molar-refractivity contribution >= 4 is 0 Å². The van der Waals surface area contributed by atoms with Crippen LogP contribution in [0, 0.1) is 42.4 Å². The van der Waals surface area contributed by atoms with Gasteiger partial charge in [0.05, 0.1) is 0 Å². The van der Waals surface area contributed by atoms with Crippen LogP contribution in [0.4, 0.5) is 8.78 Å². The Morgan fingerprint density at radius 2 is 1.57 bits per heavy atom. The first-order chi connectivity index (χ1) is 14.5. The molecule has 2 saturated carbocycles. The standard InChI is InChI=1S/C28H38F2/c1-3-6-27-20-19-26(21-28(27,29)30)8-5-4-7-23-13-15-25(16-14-23)18-17-24-11-9-22(2)10-12-24/h4-5,9-12,23,25-27H,3,6-8,13-16,19-21H2,1-2H3/b5-4-. The lowest BCUT2D eigenvalue weighted by Crippen LogP contribution is -2.35. The van der Waals surface area contributed by atoms with E-state index in [2.05, 4.69) is 55.2 Å². The Balaban J connectivity index is 1.35. The van der Waals surface area contributed by atoms with E-state index in [1.54, 1.807) is 0 Å². The molecule has 0 aliphatic heterocycles. The molecule has 0 radical (unpaired) electrons. The van der Waals surface area contributed by atoms with Crippen LogP contribution in [-0.2, 0) is 0 Å². The molecule has 2 atom stereocenters. The molecule has 164 valence electrons. The molecule has 1 aromatic carbocycles. The Kier molecular flexibility index (Phi) is 8.55. The quantitative estimate of drug-likeness (QED) is 0.325. The van der Waals surface area contributed by atoms with Crippen LogP contribution in [0.25, 0.3) is 0 Å². The lowest BCUT2D eigenvalue weighted by atomic mass is 9.76. The average Bonchev–Trinajstić information content (AvgIpc) is 2.73. The predicted molar refractivity (Wildman–Crippen MR) is 123 cm³/mol. The number of alkyl halides is 2. The van der Waals surface area contributed by atoms with Gasteiger partial charge in [0.25, 0.3) is 5.92 Å².